The van der Waals surface area contributed by atoms with E-state index < -0.39 is 0 Å². The smallest absolute Gasteiger partial charge is 0.158 e. The van der Waals surface area contributed by atoms with Crippen molar-refractivity contribution in [3.8, 4) is 0 Å². The molecule has 1 fully saturated rings. The van der Waals surface area contributed by atoms with E-state index >= 15 is 0 Å². The number of rotatable bonds is 3. The summed E-state index contributed by atoms with van der Waals surface area (Å²) in [6.07, 6.45) is 5.83. The van der Waals surface area contributed by atoms with Crippen LogP contribution in [0.25, 0.3) is 0 Å². The molecule has 1 aliphatic rings. The average Bonchev–Trinajstić information content (AvgIpc) is 2.36. The van der Waals surface area contributed by atoms with Crippen LogP contribution >= 0.6 is 0 Å². The first-order valence-electron chi connectivity index (χ1n) is 4.42. The number of ketones is 2. The van der Waals surface area contributed by atoms with Gasteiger partial charge in [-0.25, -0.2) is 0 Å². The summed E-state index contributed by atoms with van der Waals surface area (Å²) in [6, 6.07) is 0. The van der Waals surface area contributed by atoms with Crippen LogP contribution in [0.2, 0.25) is 0 Å². The third-order valence-electron chi connectivity index (χ3n) is 2.10. The second-order valence-corrected chi connectivity index (χ2v) is 3.25. The lowest BCUT2D eigenvalue weighted by atomic mass is 10.1. The quantitative estimate of drug-likeness (QED) is 0.601. The predicted octanol–water partition coefficient (Wildman–Crippen LogP) is 2.04. The van der Waals surface area contributed by atoms with Crippen molar-refractivity contribution in [1.82, 2.24) is 0 Å². The highest BCUT2D eigenvalue weighted by atomic mass is 16.1. The van der Waals surface area contributed by atoms with Gasteiger partial charge in [0.25, 0.3) is 0 Å². The highest BCUT2D eigenvalue weighted by Crippen LogP contribution is 2.20. The van der Waals surface area contributed by atoms with E-state index in [9.17, 15) is 9.59 Å². The number of carbonyl (C=O) groups is 2. The maximum atomic E-state index is 11.1. The van der Waals surface area contributed by atoms with Gasteiger partial charge in [-0.1, -0.05) is 6.08 Å². The largest absolute Gasteiger partial charge is 0.300 e. The van der Waals surface area contributed by atoms with Gasteiger partial charge < -0.3 is 4.79 Å². The molecule has 1 rings (SSSR count). The monoisotopic (exact) mass is 166 g/mol. The van der Waals surface area contributed by atoms with Gasteiger partial charge in [-0.05, 0) is 31.8 Å². The fraction of sp³-hybridized carbons (Fsp3) is 0.600. The zero-order valence-corrected chi connectivity index (χ0v) is 7.43. The van der Waals surface area contributed by atoms with Gasteiger partial charge in [0.2, 0.25) is 0 Å². The summed E-state index contributed by atoms with van der Waals surface area (Å²) in [4.78, 5) is 21.7. The van der Waals surface area contributed by atoms with Crippen molar-refractivity contribution in [3.63, 3.8) is 0 Å². The average molecular weight is 166 g/mol. The maximum absolute atomic E-state index is 11.1. The van der Waals surface area contributed by atoms with Crippen molar-refractivity contribution in [3.05, 3.63) is 11.6 Å². The van der Waals surface area contributed by atoms with E-state index in [1.54, 1.807) is 6.92 Å². The van der Waals surface area contributed by atoms with Gasteiger partial charge in [0, 0.05) is 12.8 Å². The molecule has 66 valence electrons. The molecular weight excluding hydrogens is 152 g/mol. The summed E-state index contributed by atoms with van der Waals surface area (Å²) >= 11 is 0. The van der Waals surface area contributed by atoms with E-state index in [0.717, 1.165) is 24.8 Å². The molecule has 0 bridgehead atoms. The van der Waals surface area contributed by atoms with Crippen LogP contribution in [0, 0.1) is 0 Å². The third kappa shape index (κ3) is 2.61. The van der Waals surface area contributed by atoms with E-state index in [4.69, 9.17) is 0 Å². The Morgan fingerprint density at radius 1 is 1.50 bits per heavy atom. The zero-order valence-electron chi connectivity index (χ0n) is 7.43. The Balaban J connectivity index is 2.36. The number of carbonyl (C=O) groups excluding carboxylic acids is 2. The molecule has 1 aliphatic carbocycles. The Kier molecular flexibility index (Phi) is 3.20. The van der Waals surface area contributed by atoms with Crippen LogP contribution < -0.4 is 0 Å². The molecule has 0 aromatic rings. The summed E-state index contributed by atoms with van der Waals surface area (Å²) in [5.41, 5.74) is 0.941. The summed E-state index contributed by atoms with van der Waals surface area (Å²) in [5.74, 6) is 0.468. The van der Waals surface area contributed by atoms with Gasteiger partial charge in [0.15, 0.2) is 5.78 Å². The van der Waals surface area contributed by atoms with Gasteiger partial charge in [-0.15, -0.1) is 0 Å². The van der Waals surface area contributed by atoms with E-state index in [0.29, 0.717) is 12.8 Å². The second-order valence-electron chi connectivity index (χ2n) is 3.25. The minimum absolute atomic E-state index is 0.192. The van der Waals surface area contributed by atoms with Crippen molar-refractivity contribution in [1.29, 1.82) is 0 Å². The van der Waals surface area contributed by atoms with Gasteiger partial charge in [0.1, 0.15) is 5.78 Å². The molecule has 2 nitrogen and oxygen atoms in total. The van der Waals surface area contributed by atoms with Crippen LogP contribution in [-0.4, -0.2) is 11.6 Å². The summed E-state index contributed by atoms with van der Waals surface area (Å²) in [5, 5.41) is 0. The lowest BCUT2D eigenvalue weighted by Gasteiger charge is -1.93. The van der Waals surface area contributed by atoms with E-state index in [1.165, 1.54) is 0 Å². The minimum atomic E-state index is 0.192. The molecule has 0 amide bonds. The molecule has 2 heteroatoms. The lowest BCUT2D eigenvalue weighted by Crippen LogP contribution is -1.93. The molecule has 0 aromatic carbocycles. The molecular formula is C10H14O2. The van der Waals surface area contributed by atoms with Crippen molar-refractivity contribution in [2.24, 2.45) is 0 Å². The highest BCUT2D eigenvalue weighted by molar-refractivity contribution is 5.97. The summed E-state index contributed by atoms with van der Waals surface area (Å²) < 4.78 is 0. The molecule has 12 heavy (non-hydrogen) atoms. The minimum Gasteiger partial charge on any atom is -0.300 e. The van der Waals surface area contributed by atoms with Crippen LogP contribution in [0.1, 0.15) is 39.0 Å². The number of hydrogen-bond acceptors (Lipinski definition) is 2. The molecule has 0 atom stereocenters. The Bertz CT molecular complexity index is 226. The Morgan fingerprint density at radius 2 is 2.25 bits per heavy atom. The van der Waals surface area contributed by atoms with E-state index in [2.05, 4.69) is 0 Å². The first-order chi connectivity index (χ1) is 5.70. The van der Waals surface area contributed by atoms with Gasteiger partial charge in [-0.3, -0.25) is 4.79 Å². The summed E-state index contributed by atoms with van der Waals surface area (Å²) in [6.45, 7) is 1.58. The van der Waals surface area contributed by atoms with Crippen LogP contribution in [-0.2, 0) is 9.59 Å². The summed E-state index contributed by atoms with van der Waals surface area (Å²) in [7, 11) is 0. The number of allylic oxidation sites excluding steroid dienone is 2. The Labute approximate surface area is 72.7 Å². The molecule has 1 saturated carbocycles. The van der Waals surface area contributed by atoms with Crippen LogP contribution in [0.15, 0.2) is 11.6 Å². The van der Waals surface area contributed by atoms with E-state index in [1.807, 2.05) is 6.08 Å². The Morgan fingerprint density at radius 3 is 2.75 bits per heavy atom. The fourth-order valence-corrected chi connectivity index (χ4v) is 1.40. The van der Waals surface area contributed by atoms with Crippen LogP contribution in [0.3, 0.4) is 0 Å². The Hall–Kier alpha value is -0.920. The van der Waals surface area contributed by atoms with Gasteiger partial charge >= 0.3 is 0 Å². The van der Waals surface area contributed by atoms with E-state index in [-0.39, 0.29) is 11.6 Å². The molecule has 0 spiro atoms. The lowest BCUT2D eigenvalue weighted by molar-refractivity contribution is -0.117. The topological polar surface area (TPSA) is 34.1 Å². The molecule has 0 heterocycles. The molecule has 0 unspecified atom stereocenters. The zero-order chi connectivity index (χ0) is 8.97. The molecule has 0 aromatic heterocycles. The molecule has 0 N–H and O–H groups in total. The first kappa shape index (κ1) is 9.17. The van der Waals surface area contributed by atoms with Crippen molar-refractivity contribution < 1.29 is 9.59 Å². The maximum Gasteiger partial charge on any atom is 0.158 e. The number of hydrogen-bond donors (Lipinski definition) is 0. The van der Waals surface area contributed by atoms with Crippen molar-refractivity contribution in [2.45, 2.75) is 39.0 Å². The first-order valence-corrected chi connectivity index (χ1v) is 4.42. The standard InChI is InChI=1S/C10H14O2/c1-8(11)4-2-5-9-6-3-7-10(9)12/h5H,2-4,6-7H2,1H3/b9-5+. The third-order valence-corrected chi connectivity index (χ3v) is 2.10. The SMILES string of the molecule is CC(=O)CC/C=C1\CCCC1=O. The number of Topliss-reactive ketones (excluding diaryl/α,β-unsaturated/α-hetero) is 2. The van der Waals surface area contributed by atoms with Gasteiger partial charge in [0.05, 0.1) is 0 Å². The van der Waals surface area contributed by atoms with Crippen LogP contribution in [0.5, 0.6) is 0 Å². The molecule has 0 radical (unpaired) electrons. The van der Waals surface area contributed by atoms with Crippen molar-refractivity contribution >= 4 is 11.6 Å². The predicted molar refractivity (Wildman–Crippen MR) is 46.9 cm³/mol. The van der Waals surface area contributed by atoms with Crippen molar-refractivity contribution in [2.75, 3.05) is 0 Å². The molecule has 0 aliphatic heterocycles. The van der Waals surface area contributed by atoms with Gasteiger partial charge in [-0.2, -0.15) is 0 Å². The van der Waals surface area contributed by atoms with Crippen LogP contribution in [0.4, 0.5) is 0 Å². The molecule has 0 saturated heterocycles. The fourth-order valence-electron chi connectivity index (χ4n) is 1.40. The second kappa shape index (κ2) is 4.19. The normalized spacial score (nSPS) is 20.4. The highest BCUT2D eigenvalue weighted by Gasteiger charge is 2.15.